The molecule has 22 heavy (non-hydrogen) atoms. The van der Waals surface area contributed by atoms with Crippen LogP contribution in [0.4, 0.5) is 5.82 Å². The quantitative estimate of drug-likeness (QED) is 0.806. The highest BCUT2D eigenvalue weighted by atomic mass is 16.3. The third-order valence-corrected chi connectivity index (χ3v) is 4.14. The van der Waals surface area contributed by atoms with Crippen LogP contribution >= 0.6 is 0 Å². The fourth-order valence-corrected chi connectivity index (χ4v) is 2.98. The van der Waals surface area contributed by atoms with Crippen molar-refractivity contribution in [1.29, 1.82) is 0 Å². The van der Waals surface area contributed by atoms with Gasteiger partial charge >= 0.3 is 0 Å². The maximum Gasteiger partial charge on any atom is 0.255 e. The van der Waals surface area contributed by atoms with Crippen LogP contribution in [0.25, 0.3) is 0 Å². The number of nitrogens with zero attached hydrogens (tertiary/aromatic N) is 1. The average Bonchev–Trinajstić information content (AvgIpc) is 2.53. The number of benzene rings is 1. The first kappa shape index (κ1) is 14.5. The molecule has 1 amide bonds. The van der Waals surface area contributed by atoms with Crippen molar-refractivity contribution in [3.05, 3.63) is 59.8 Å². The molecule has 0 unspecified atom stereocenters. The Bertz CT molecular complexity index is 667. The van der Waals surface area contributed by atoms with Gasteiger partial charge in [0.05, 0.1) is 17.2 Å². The molecule has 0 atom stereocenters. The molecule has 0 saturated heterocycles. The van der Waals surface area contributed by atoms with E-state index in [-0.39, 0.29) is 12.0 Å². The number of aliphatic hydroxyl groups is 1. The van der Waals surface area contributed by atoms with Gasteiger partial charge in [0.15, 0.2) is 0 Å². The van der Waals surface area contributed by atoms with Crippen LogP contribution in [0.2, 0.25) is 0 Å². The minimum Gasteiger partial charge on any atom is -0.393 e. The van der Waals surface area contributed by atoms with Crippen molar-refractivity contribution in [1.82, 2.24) is 10.3 Å². The Hall–Kier alpha value is -2.40. The van der Waals surface area contributed by atoms with Crippen LogP contribution in [0.1, 0.15) is 28.8 Å². The fraction of sp³-hybridized carbons (Fsp3) is 0.294. The maximum atomic E-state index is 12.6. The molecule has 114 valence electrons. The Morgan fingerprint density at radius 1 is 1.23 bits per heavy atom. The predicted molar refractivity (Wildman–Crippen MR) is 84.6 cm³/mol. The summed E-state index contributed by atoms with van der Waals surface area (Å²) in [4.78, 5) is 16.8. The number of nitrogens with one attached hydrogen (secondary N) is 2. The van der Waals surface area contributed by atoms with E-state index in [9.17, 15) is 9.90 Å². The van der Waals surface area contributed by atoms with Crippen LogP contribution in [-0.2, 0) is 5.54 Å². The summed E-state index contributed by atoms with van der Waals surface area (Å²) in [5, 5.41) is 15.8. The van der Waals surface area contributed by atoms with Gasteiger partial charge in [0.2, 0.25) is 0 Å². The first-order chi connectivity index (χ1) is 10.6. The molecule has 0 aliphatic heterocycles. The Balaban J connectivity index is 1.88. The van der Waals surface area contributed by atoms with Crippen LogP contribution in [-0.4, -0.2) is 29.1 Å². The summed E-state index contributed by atoms with van der Waals surface area (Å²) in [5.41, 5.74) is 1.02. The first-order valence-corrected chi connectivity index (χ1v) is 7.33. The molecule has 0 bridgehead atoms. The number of aromatic nitrogens is 1. The lowest BCUT2D eigenvalue weighted by Gasteiger charge is -2.46. The third kappa shape index (κ3) is 2.55. The van der Waals surface area contributed by atoms with Crippen LogP contribution in [0, 0.1) is 0 Å². The van der Waals surface area contributed by atoms with Gasteiger partial charge in [0, 0.05) is 26.1 Å². The Labute approximate surface area is 129 Å². The number of rotatable bonds is 4. The molecule has 0 radical (unpaired) electrons. The smallest absolute Gasteiger partial charge is 0.255 e. The number of hydrogen-bond acceptors (Lipinski definition) is 4. The molecule has 5 nitrogen and oxygen atoms in total. The van der Waals surface area contributed by atoms with Gasteiger partial charge in [-0.3, -0.25) is 4.79 Å². The lowest BCUT2D eigenvalue weighted by Crippen LogP contribution is -2.56. The summed E-state index contributed by atoms with van der Waals surface area (Å²) in [7, 11) is 1.74. The molecule has 3 rings (SSSR count). The van der Waals surface area contributed by atoms with Gasteiger partial charge in [-0.25, -0.2) is 4.98 Å². The lowest BCUT2D eigenvalue weighted by molar-refractivity contribution is 0.00102. The number of carbonyl (C=O) groups is 1. The van der Waals surface area contributed by atoms with Crippen LogP contribution in [0.15, 0.2) is 48.7 Å². The van der Waals surface area contributed by atoms with Gasteiger partial charge in [-0.15, -0.1) is 0 Å². The van der Waals surface area contributed by atoms with Gasteiger partial charge in [-0.2, -0.15) is 0 Å². The van der Waals surface area contributed by atoms with Crippen molar-refractivity contribution >= 4 is 11.7 Å². The van der Waals surface area contributed by atoms with E-state index in [1.807, 2.05) is 30.3 Å². The van der Waals surface area contributed by atoms with E-state index in [0.29, 0.717) is 24.2 Å². The average molecular weight is 297 g/mol. The number of aliphatic hydroxyl groups excluding tert-OH is 1. The van der Waals surface area contributed by atoms with E-state index < -0.39 is 5.54 Å². The highest BCUT2D eigenvalue weighted by Crippen LogP contribution is 2.41. The number of carbonyl (C=O) groups excluding carboxylic acids is 1. The molecule has 1 heterocycles. The summed E-state index contributed by atoms with van der Waals surface area (Å²) < 4.78 is 0. The molecular formula is C17H19N3O2. The van der Waals surface area contributed by atoms with Crippen molar-refractivity contribution < 1.29 is 9.90 Å². The van der Waals surface area contributed by atoms with Gasteiger partial charge in [0.25, 0.3) is 5.91 Å². The summed E-state index contributed by atoms with van der Waals surface area (Å²) in [6.07, 6.45) is 2.32. The lowest BCUT2D eigenvalue weighted by atomic mass is 9.69. The van der Waals surface area contributed by atoms with Crippen LogP contribution < -0.4 is 10.6 Å². The minimum absolute atomic E-state index is 0.187. The highest BCUT2D eigenvalue weighted by Gasteiger charge is 2.46. The van der Waals surface area contributed by atoms with Crippen molar-refractivity contribution in [3.63, 3.8) is 0 Å². The van der Waals surface area contributed by atoms with E-state index in [1.54, 1.807) is 25.4 Å². The van der Waals surface area contributed by atoms with E-state index >= 15 is 0 Å². The zero-order valence-corrected chi connectivity index (χ0v) is 12.4. The van der Waals surface area contributed by atoms with Crippen molar-refractivity contribution in [2.45, 2.75) is 24.5 Å². The number of hydrogen-bond donors (Lipinski definition) is 3. The second-order valence-electron chi connectivity index (χ2n) is 5.61. The number of pyridine rings is 1. The SMILES string of the molecule is CNc1ncccc1C(=O)NC1(c2ccccc2)CC(O)C1. The monoisotopic (exact) mass is 297 g/mol. The molecule has 1 saturated carbocycles. The molecule has 2 aromatic rings. The topological polar surface area (TPSA) is 74.2 Å². The molecule has 3 N–H and O–H groups in total. The Morgan fingerprint density at radius 3 is 2.59 bits per heavy atom. The fourth-order valence-electron chi connectivity index (χ4n) is 2.98. The van der Waals surface area contributed by atoms with Crippen molar-refractivity contribution in [2.75, 3.05) is 12.4 Å². The Morgan fingerprint density at radius 2 is 1.95 bits per heavy atom. The number of anilines is 1. The van der Waals surface area contributed by atoms with E-state index in [4.69, 9.17) is 0 Å². The zero-order chi connectivity index (χ0) is 15.6. The normalized spacial score (nSPS) is 23.5. The van der Waals surface area contributed by atoms with Crippen molar-refractivity contribution in [2.24, 2.45) is 0 Å². The second kappa shape index (κ2) is 5.77. The first-order valence-electron chi connectivity index (χ1n) is 7.33. The van der Waals surface area contributed by atoms with Gasteiger partial charge < -0.3 is 15.7 Å². The molecule has 1 aliphatic rings. The summed E-state index contributed by atoms with van der Waals surface area (Å²) in [5.74, 6) is 0.358. The molecule has 1 fully saturated rings. The van der Waals surface area contributed by atoms with Gasteiger partial charge in [-0.1, -0.05) is 30.3 Å². The van der Waals surface area contributed by atoms with Crippen LogP contribution in [0.3, 0.4) is 0 Å². The second-order valence-corrected chi connectivity index (χ2v) is 5.61. The minimum atomic E-state index is -0.501. The molecule has 0 spiro atoms. The highest BCUT2D eigenvalue weighted by molar-refractivity contribution is 5.99. The Kier molecular flexibility index (Phi) is 3.81. The van der Waals surface area contributed by atoms with Crippen LogP contribution in [0.5, 0.6) is 0 Å². The third-order valence-electron chi connectivity index (χ3n) is 4.14. The van der Waals surface area contributed by atoms with E-state index in [2.05, 4.69) is 15.6 Å². The molecule has 1 aromatic heterocycles. The summed E-state index contributed by atoms with van der Waals surface area (Å²) >= 11 is 0. The van der Waals surface area contributed by atoms with Crippen molar-refractivity contribution in [3.8, 4) is 0 Å². The summed E-state index contributed by atoms with van der Waals surface area (Å²) in [6.45, 7) is 0. The molecule has 1 aromatic carbocycles. The van der Waals surface area contributed by atoms with E-state index in [1.165, 1.54) is 0 Å². The van der Waals surface area contributed by atoms with Gasteiger partial charge in [0.1, 0.15) is 5.82 Å². The summed E-state index contributed by atoms with van der Waals surface area (Å²) in [6, 6.07) is 13.3. The number of amides is 1. The van der Waals surface area contributed by atoms with E-state index in [0.717, 1.165) is 5.56 Å². The molecular weight excluding hydrogens is 278 g/mol. The predicted octanol–water partition coefficient (Wildman–Crippen LogP) is 1.90. The molecule has 5 heteroatoms. The zero-order valence-electron chi connectivity index (χ0n) is 12.4. The van der Waals surface area contributed by atoms with Gasteiger partial charge in [-0.05, 0) is 17.7 Å². The standard InChI is InChI=1S/C17H19N3O2/c1-18-15-14(8-5-9-19-15)16(22)20-17(10-13(21)11-17)12-6-3-2-4-7-12/h2-9,13,21H,10-11H2,1H3,(H,18,19)(H,20,22). The molecule has 1 aliphatic carbocycles. The maximum absolute atomic E-state index is 12.6. The largest absolute Gasteiger partial charge is 0.393 e.